The minimum absolute atomic E-state index is 0.0896. The van der Waals surface area contributed by atoms with Crippen molar-refractivity contribution in [1.82, 2.24) is 19.5 Å². The summed E-state index contributed by atoms with van der Waals surface area (Å²) in [6.45, 7) is -0.805. The second kappa shape index (κ2) is 16.3. The van der Waals surface area contributed by atoms with Crippen molar-refractivity contribution in [3.05, 3.63) is 112 Å². The molecule has 0 amide bonds. The quantitative estimate of drug-likeness (QED) is 0.0533. The fourth-order valence-corrected chi connectivity index (χ4v) is 7.05. The molecular weight excluding hydrogens is 703 g/mol. The molecule has 0 saturated heterocycles. The van der Waals surface area contributed by atoms with Crippen molar-refractivity contribution in [3.8, 4) is 11.4 Å². The van der Waals surface area contributed by atoms with Crippen LogP contribution in [0.15, 0.2) is 72.6 Å². The van der Waals surface area contributed by atoms with E-state index in [1.807, 2.05) is 6.92 Å². The Hall–Kier alpha value is -5.44. The first-order valence-electron chi connectivity index (χ1n) is 18.0. The van der Waals surface area contributed by atoms with Crippen LogP contribution in [0.5, 0.6) is 5.75 Å². The number of allylic oxidation sites excluding steroid dienone is 2. The summed E-state index contributed by atoms with van der Waals surface area (Å²) in [7, 11) is 0. The van der Waals surface area contributed by atoms with Gasteiger partial charge in [-0.3, -0.25) is 14.4 Å². The first-order chi connectivity index (χ1) is 25.9. The number of carbonyl (C=O) groups excluding carboxylic acids is 3. The Morgan fingerprint density at radius 3 is 2.48 bits per heavy atom. The van der Waals surface area contributed by atoms with Gasteiger partial charge in [-0.2, -0.15) is 0 Å². The van der Waals surface area contributed by atoms with Crippen LogP contribution in [-0.2, 0) is 16.0 Å². The summed E-state index contributed by atoms with van der Waals surface area (Å²) in [6.07, 6.45) is 8.84. The first-order valence-corrected chi connectivity index (χ1v) is 18.0. The maximum absolute atomic E-state index is 15.7. The van der Waals surface area contributed by atoms with Crippen LogP contribution in [0.4, 0.5) is 17.4 Å². The number of nitrogens with two attached hydrogens (primary N) is 1. The molecule has 1 unspecified atom stereocenters. The molecule has 6 rings (SSSR count). The van der Waals surface area contributed by atoms with E-state index in [4.69, 9.17) is 10.5 Å². The van der Waals surface area contributed by atoms with E-state index in [1.54, 1.807) is 61.7 Å². The van der Waals surface area contributed by atoms with Gasteiger partial charge in [0.2, 0.25) is 0 Å². The highest BCUT2D eigenvalue weighted by Crippen LogP contribution is 2.34. The van der Waals surface area contributed by atoms with Gasteiger partial charge in [0.1, 0.15) is 18.1 Å². The van der Waals surface area contributed by atoms with Gasteiger partial charge in [0, 0.05) is 67.5 Å². The number of fused-ring (bicyclic) bond motifs is 2. The van der Waals surface area contributed by atoms with E-state index < -0.39 is 42.7 Å². The van der Waals surface area contributed by atoms with Gasteiger partial charge in [0.15, 0.2) is 34.6 Å². The molecule has 0 fully saturated rings. The highest BCUT2D eigenvalue weighted by molar-refractivity contribution is 6.58. The standard InChI is InChI=1S/C39H41BF4N6O4/c1-25-19-26(2)49-36(25)22-32-14-13-30(50(32)40(49,43)44)15-17-33(51)16-12-29-23-48(47-46-29)31-9-5-8-27(20-31)37(52)21-28(7-3-4-18-45)38(53)24-54-39-34(41)10-6-11-35(39)42/h5-6,8-11,13-14,19-20,22-23,28H,3-4,7,12,15-18,21,24,45H2,1-2H3. The van der Waals surface area contributed by atoms with Crippen molar-refractivity contribution in [2.75, 3.05) is 13.2 Å². The molecular formula is C39H41BF4N6O4. The highest BCUT2D eigenvalue weighted by atomic mass is 19.2. The predicted octanol–water partition coefficient (Wildman–Crippen LogP) is 6.51. The first kappa shape index (κ1) is 38.3. The second-order valence-electron chi connectivity index (χ2n) is 13.7. The number of nitrogens with zero attached hydrogens (tertiary/aromatic N) is 5. The number of carbonyl (C=O) groups is 3. The van der Waals surface area contributed by atoms with Crippen molar-refractivity contribution < 1.29 is 41.0 Å². The minimum atomic E-state index is -4.10. The predicted molar refractivity (Wildman–Crippen MR) is 196 cm³/mol. The Kier molecular flexibility index (Phi) is 11.6. The van der Waals surface area contributed by atoms with Gasteiger partial charge >= 0.3 is 6.97 Å². The topological polar surface area (TPSA) is 125 Å². The van der Waals surface area contributed by atoms with Gasteiger partial charge in [0.25, 0.3) is 0 Å². The third-order valence-electron chi connectivity index (χ3n) is 9.87. The average molecular weight is 745 g/mol. The number of hydrogen-bond acceptors (Lipinski definition) is 7. The zero-order valence-electron chi connectivity index (χ0n) is 30.1. The smallest absolute Gasteiger partial charge is 0.480 e. The number of aryl methyl sites for hydroxylation is 3. The number of ketones is 3. The third-order valence-corrected chi connectivity index (χ3v) is 9.87. The Morgan fingerprint density at radius 1 is 0.981 bits per heavy atom. The molecule has 4 aromatic rings. The van der Waals surface area contributed by atoms with Gasteiger partial charge < -0.3 is 28.1 Å². The lowest BCUT2D eigenvalue weighted by atomic mass is 9.90. The molecule has 0 spiro atoms. The fraction of sp³-hybridized carbons (Fsp3) is 0.333. The van der Waals surface area contributed by atoms with Crippen LogP contribution in [0.25, 0.3) is 11.8 Å². The summed E-state index contributed by atoms with van der Waals surface area (Å²) in [4.78, 5) is 39.4. The summed E-state index contributed by atoms with van der Waals surface area (Å²) in [5.41, 5.74) is 9.59. The number of aromatic nitrogens is 4. The van der Waals surface area contributed by atoms with Crippen LogP contribution in [-0.4, -0.2) is 67.1 Å². The van der Waals surface area contributed by atoms with Gasteiger partial charge in [-0.15, -0.1) is 5.10 Å². The minimum Gasteiger partial charge on any atom is -0.480 e. The van der Waals surface area contributed by atoms with Gasteiger partial charge in [-0.1, -0.05) is 29.8 Å². The molecule has 1 atom stereocenters. The molecule has 4 heterocycles. The molecule has 2 aliphatic heterocycles. The Balaban J connectivity index is 1.04. The normalized spacial score (nSPS) is 14.8. The number of rotatable bonds is 18. The van der Waals surface area contributed by atoms with Crippen molar-refractivity contribution >= 4 is 36.1 Å². The van der Waals surface area contributed by atoms with E-state index in [0.717, 1.165) is 26.7 Å². The van der Waals surface area contributed by atoms with E-state index in [2.05, 4.69) is 10.3 Å². The molecule has 0 radical (unpaired) electrons. The van der Waals surface area contributed by atoms with Crippen LogP contribution >= 0.6 is 0 Å². The van der Waals surface area contributed by atoms with Crippen LogP contribution < -0.4 is 10.5 Å². The fourth-order valence-electron chi connectivity index (χ4n) is 7.05. The molecule has 2 aliphatic rings. The van der Waals surface area contributed by atoms with Crippen molar-refractivity contribution in [2.24, 2.45) is 11.7 Å². The highest BCUT2D eigenvalue weighted by Gasteiger charge is 2.52. The third kappa shape index (κ3) is 8.20. The summed E-state index contributed by atoms with van der Waals surface area (Å²) < 4.78 is 68.3. The monoisotopic (exact) mass is 744 g/mol. The maximum atomic E-state index is 15.7. The molecule has 15 heteroatoms. The molecule has 0 saturated carbocycles. The number of para-hydroxylation sites is 1. The summed E-state index contributed by atoms with van der Waals surface area (Å²) in [5, 5.41) is 8.33. The lowest BCUT2D eigenvalue weighted by Gasteiger charge is -2.30. The SMILES string of the molecule is Cc1cc(C)n2c1C=C1C=CC(CCC(=O)CCc3cn(-c4cccc(C(=O)CC(CCCCN)C(=O)COc5c(F)cccc5F)c4)nn3)=[N+]1[B-]2(F)F. The Bertz CT molecular complexity index is 2170. The molecule has 2 aromatic heterocycles. The molecule has 282 valence electrons. The van der Waals surface area contributed by atoms with E-state index in [0.29, 0.717) is 65.5 Å². The van der Waals surface area contributed by atoms with Crippen LogP contribution in [0.2, 0.25) is 0 Å². The lowest BCUT2D eigenvalue weighted by molar-refractivity contribution is -0.362. The lowest BCUT2D eigenvalue weighted by Crippen LogP contribution is -2.50. The molecule has 0 aliphatic carbocycles. The van der Waals surface area contributed by atoms with E-state index >= 15 is 8.63 Å². The number of halogens is 4. The van der Waals surface area contributed by atoms with E-state index in [-0.39, 0.29) is 43.7 Å². The van der Waals surface area contributed by atoms with Crippen LogP contribution in [0.1, 0.15) is 77.9 Å². The number of benzene rings is 2. The average Bonchev–Trinajstić information content (AvgIpc) is 3.87. The molecule has 2 aromatic carbocycles. The van der Waals surface area contributed by atoms with Gasteiger partial charge in [-0.25, -0.2) is 13.5 Å². The van der Waals surface area contributed by atoms with Crippen LogP contribution in [0, 0.1) is 31.4 Å². The molecule has 54 heavy (non-hydrogen) atoms. The Morgan fingerprint density at radius 2 is 1.72 bits per heavy atom. The number of unbranched alkanes of at least 4 members (excludes halogenated alkanes) is 1. The van der Waals surface area contributed by atoms with Crippen molar-refractivity contribution in [3.63, 3.8) is 0 Å². The van der Waals surface area contributed by atoms with Crippen LogP contribution in [0.3, 0.4) is 0 Å². The van der Waals surface area contributed by atoms with E-state index in [1.165, 1.54) is 10.7 Å². The van der Waals surface area contributed by atoms with Gasteiger partial charge in [0.05, 0.1) is 17.6 Å². The molecule has 10 nitrogen and oxygen atoms in total. The second-order valence-corrected chi connectivity index (χ2v) is 13.7. The van der Waals surface area contributed by atoms with Crippen molar-refractivity contribution in [1.29, 1.82) is 0 Å². The number of Topliss-reactive ketones (excluding diaryl/α,β-unsaturated/α-hetero) is 3. The van der Waals surface area contributed by atoms with E-state index in [9.17, 15) is 23.2 Å². The number of hydrogen-bond donors (Lipinski definition) is 1. The number of ether oxygens (including phenoxy) is 1. The molecule has 0 bridgehead atoms. The van der Waals surface area contributed by atoms with Crippen molar-refractivity contribution in [2.45, 2.75) is 65.2 Å². The summed E-state index contributed by atoms with van der Waals surface area (Å²) >= 11 is 0. The Labute approximate surface area is 310 Å². The zero-order chi connectivity index (χ0) is 38.6. The summed E-state index contributed by atoms with van der Waals surface area (Å²) in [6, 6.07) is 11.6. The zero-order valence-corrected chi connectivity index (χ0v) is 30.1. The molecule has 2 N–H and O–H groups in total. The maximum Gasteiger partial charge on any atom is 0.737 e. The largest absolute Gasteiger partial charge is 0.737 e. The summed E-state index contributed by atoms with van der Waals surface area (Å²) in [5.74, 6) is -4.13. The van der Waals surface area contributed by atoms with Gasteiger partial charge in [-0.05, 0) is 74.8 Å².